The third kappa shape index (κ3) is 2.43. The summed E-state index contributed by atoms with van der Waals surface area (Å²) in [4.78, 5) is 22.2. The van der Waals surface area contributed by atoms with E-state index in [0.29, 0.717) is 6.42 Å². The predicted octanol–water partition coefficient (Wildman–Crippen LogP) is 1.79. The molecule has 2 atom stereocenters. The average Bonchev–Trinajstić information content (AvgIpc) is 3.01. The molecule has 1 fully saturated rings. The zero-order chi connectivity index (χ0) is 12.6. The van der Waals surface area contributed by atoms with E-state index in [0.717, 1.165) is 5.56 Å². The van der Waals surface area contributed by atoms with Crippen molar-refractivity contribution in [2.24, 2.45) is 11.8 Å². The van der Waals surface area contributed by atoms with Crippen LogP contribution in [0.25, 0.3) is 0 Å². The van der Waals surface area contributed by atoms with Crippen LogP contribution < -0.4 is 5.32 Å². The number of hydrogen-bond acceptors (Lipinski definition) is 2. The highest BCUT2D eigenvalue weighted by Crippen LogP contribution is 2.39. The monoisotopic (exact) mass is 237 g/mol. The van der Waals surface area contributed by atoms with Crippen LogP contribution in [0.4, 0.5) is 10.1 Å². The molecule has 90 valence electrons. The van der Waals surface area contributed by atoms with Crippen molar-refractivity contribution in [1.29, 1.82) is 0 Å². The standard InChI is InChI=1S/C12H12FNO3/c1-6-2-3-10(9(13)4-6)14-11(15)7-5-8(7)12(16)17/h2-4,7-8H,5H2,1H3,(H,14,15)(H,16,17)/t7-,8+/m1/s1. The van der Waals surface area contributed by atoms with Crippen LogP contribution in [0.1, 0.15) is 12.0 Å². The first-order chi connectivity index (χ1) is 7.99. The summed E-state index contributed by atoms with van der Waals surface area (Å²) in [7, 11) is 0. The lowest BCUT2D eigenvalue weighted by atomic mass is 10.2. The van der Waals surface area contributed by atoms with Crippen LogP contribution in [0, 0.1) is 24.6 Å². The third-order valence-electron chi connectivity index (χ3n) is 2.83. The first kappa shape index (κ1) is 11.6. The number of carboxylic acids is 1. The minimum atomic E-state index is -0.977. The highest BCUT2D eigenvalue weighted by Gasteiger charge is 2.48. The van der Waals surface area contributed by atoms with Crippen molar-refractivity contribution in [2.45, 2.75) is 13.3 Å². The first-order valence-corrected chi connectivity index (χ1v) is 5.29. The number of hydrogen-bond donors (Lipinski definition) is 2. The lowest BCUT2D eigenvalue weighted by Crippen LogP contribution is -2.17. The van der Waals surface area contributed by atoms with Gasteiger partial charge in [-0.3, -0.25) is 9.59 Å². The topological polar surface area (TPSA) is 66.4 Å². The lowest BCUT2D eigenvalue weighted by Gasteiger charge is -2.06. The molecule has 0 bridgehead atoms. The van der Waals surface area contributed by atoms with Crippen molar-refractivity contribution in [2.75, 3.05) is 5.32 Å². The normalized spacial score (nSPS) is 22.0. The van der Waals surface area contributed by atoms with Crippen LogP contribution in [0.3, 0.4) is 0 Å². The molecule has 0 aromatic heterocycles. The summed E-state index contributed by atoms with van der Waals surface area (Å²) in [5, 5.41) is 11.1. The summed E-state index contributed by atoms with van der Waals surface area (Å²) in [5.74, 6) is -3.07. The van der Waals surface area contributed by atoms with Crippen molar-refractivity contribution < 1.29 is 19.1 Å². The SMILES string of the molecule is Cc1ccc(NC(=O)[C@@H]2C[C@@H]2C(=O)O)c(F)c1. The van der Waals surface area contributed by atoms with Gasteiger partial charge in [0.25, 0.3) is 0 Å². The molecule has 17 heavy (non-hydrogen) atoms. The Morgan fingerprint density at radius 2 is 2.12 bits per heavy atom. The number of benzene rings is 1. The molecule has 2 N–H and O–H groups in total. The minimum absolute atomic E-state index is 0.0941. The number of carboxylic acid groups (broad SMARTS) is 1. The molecular formula is C12H12FNO3. The summed E-state index contributed by atoms with van der Waals surface area (Å²) in [5.41, 5.74) is 0.854. The van der Waals surface area contributed by atoms with Crippen molar-refractivity contribution >= 4 is 17.6 Å². The number of halogens is 1. The van der Waals surface area contributed by atoms with Crippen LogP contribution in [0.5, 0.6) is 0 Å². The molecule has 4 nitrogen and oxygen atoms in total. The maximum absolute atomic E-state index is 13.4. The maximum Gasteiger partial charge on any atom is 0.307 e. The summed E-state index contributed by atoms with van der Waals surface area (Å²) < 4.78 is 13.4. The number of anilines is 1. The van der Waals surface area contributed by atoms with Gasteiger partial charge in [-0.1, -0.05) is 6.07 Å². The molecule has 0 radical (unpaired) electrons. The number of aryl methyl sites for hydroxylation is 1. The number of amides is 1. The van der Waals surface area contributed by atoms with Crippen molar-refractivity contribution in [3.05, 3.63) is 29.6 Å². The van der Waals surface area contributed by atoms with E-state index in [9.17, 15) is 14.0 Å². The van der Waals surface area contributed by atoms with E-state index >= 15 is 0 Å². The zero-order valence-electron chi connectivity index (χ0n) is 9.24. The highest BCUT2D eigenvalue weighted by molar-refractivity contribution is 5.98. The molecule has 0 saturated heterocycles. The minimum Gasteiger partial charge on any atom is -0.481 e. The Balaban J connectivity index is 2.02. The van der Waals surface area contributed by atoms with Crippen LogP contribution in [0.2, 0.25) is 0 Å². The van der Waals surface area contributed by atoms with Gasteiger partial charge in [-0.2, -0.15) is 0 Å². The Bertz CT molecular complexity index is 487. The number of carbonyl (C=O) groups excluding carboxylic acids is 1. The van der Waals surface area contributed by atoms with E-state index < -0.39 is 29.5 Å². The van der Waals surface area contributed by atoms with Gasteiger partial charge in [0.05, 0.1) is 17.5 Å². The molecule has 1 aliphatic carbocycles. The molecule has 0 unspecified atom stereocenters. The molecule has 5 heteroatoms. The van der Waals surface area contributed by atoms with Gasteiger partial charge in [0, 0.05) is 0 Å². The Hall–Kier alpha value is -1.91. The second-order valence-electron chi connectivity index (χ2n) is 4.26. The molecule has 1 aromatic carbocycles. The largest absolute Gasteiger partial charge is 0.481 e. The van der Waals surface area contributed by atoms with E-state index in [-0.39, 0.29) is 5.69 Å². The highest BCUT2D eigenvalue weighted by atomic mass is 19.1. The quantitative estimate of drug-likeness (QED) is 0.842. The molecule has 1 aliphatic rings. The van der Waals surface area contributed by atoms with Crippen LogP contribution >= 0.6 is 0 Å². The van der Waals surface area contributed by atoms with Gasteiger partial charge in [0.1, 0.15) is 5.82 Å². The number of aliphatic carboxylic acids is 1. The second-order valence-corrected chi connectivity index (χ2v) is 4.26. The summed E-state index contributed by atoms with van der Waals surface area (Å²) in [6.45, 7) is 1.75. The summed E-state index contributed by atoms with van der Waals surface area (Å²) in [6.07, 6.45) is 0.328. The molecule has 1 amide bonds. The molecule has 1 aromatic rings. The van der Waals surface area contributed by atoms with Gasteiger partial charge in [-0.15, -0.1) is 0 Å². The van der Waals surface area contributed by atoms with E-state index in [1.54, 1.807) is 13.0 Å². The van der Waals surface area contributed by atoms with Crippen molar-refractivity contribution in [3.8, 4) is 0 Å². The predicted molar refractivity (Wildman–Crippen MR) is 59.0 cm³/mol. The van der Waals surface area contributed by atoms with Gasteiger partial charge >= 0.3 is 5.97 Å². The smallest absolute Gasteiger partial charge is 0.307 e. The Morgan fingerprint density at radius 3 is 2.65 bits per heavy atom. The van der Waals surface area contributed by atoms with Gasteiger partial charge < -0.3 is 10.4 Å². The second kappa shape index (κ2) is 4.16. The fraction of sp³-hybridized carbons (Fsp3) is 0.333. The summed E-state index contributed by atoms with van der Waals surface area (Å²) >= 11 is 0. The van der Waals surface area contributed by atoms with Crippen molar-refractivity contribution in [3.63, 3.8) is 0 Å². The van der Waals surface area contributed by atoms with Crippen LogP contribution in [0.15, 0.2) is 18.2 Å². The molecule has 0 aliphatic heterocycles. The fourth-order valence-electron chi connectivity index (χ4n) is 1.70. The average molecular weight is 237 g/mol. The maximum atomic E-state index is 13.4. The lowest BCUT2D eigenvalue weighted by molar-refractivity contribution is -0.139. The summed E-state index contributed by atoms with van der Waals surface area (Å²) in [6, 6.07) is 4.47. The third-order valence-corrected chi connectivity index (χ3v) is 2.83. The molecule has 0 heterocycles. The Labute approximate surface area is 97.4 Å². The van der Waals surface area contributed by atoms with Crippen LogP contribution in [-0.4, -0.2) is 17.0 Å². The van der Waals surface area contributed by atoms with Gasteiger partial charge in [0.2, 0.25) is 5.91 Å². The molecule has 2 rings (SSSR count). The molecule has 0 spiro atoms. The Morgan fingerprint density at radius 1 is 1.41 bits per heavy atom. The van der Waals surface area contributed by atoms with Gasteiger partial charge in [-0.25, -0.2) is 4.39 Å². The van der Waals surface area contributed by atoms with Crippen molar-refractivity contribution in [1.82, 2.24) is 0 Å². The van der Waals surface area contributed by atoms with Gasteiger partial charge in [0.15, 0.2) is 0 Å². The number of rotatable bonds is 3. The first-order valence-electron chi connectivity index (χ1n) is 5.29. The molecular weight excluding hydrogens is 225 g/mol. The Kier molecular flexibility index (Phi) is 2.83. The fourth-order valence-corrected chi connectivity index (χ4v) is 1.70. The zero-order valence-corrected chi connectivity index (χ0v) is 9.24. The van der Waals surface area contributed by atoms with Crippen LogP contribution in [-0.2, 0) is 9.59 Å². The van der Waals surface area contributed by atoms with E-state index in [4.69, 9.17) is 5.11 Å². The molecule has 1 saturated carbocycles. The number of carbonyl (C=O) groups is 2. The van der Waals surface area contributed by atoms with E-state index in [1.807, 2.05) is 0 Å². The van der Waals surface area contributed by atoms with E-state index in [1.165, 1.54) is 12.1 Å². The van der Waals surface area contributed by atoms with E-state index in [2.05, 4.69) is 5.32 Å². The van der Waals surface area contributed by atoms with Gasteiger partial charge in [-0.05, 0) is 31.0 Å². The number of nitrogens with one attached hydrogen (secondary N) is 1.